The maximum absolute atomic E-state index is 6.21. The number of rotatable bonds is 5. The lowest BCUT2D eigenvalue weighted by atomic mass is 10.1. The van der Waals surface area contributed by atoms with E-state index in [0.717, 1.165) is 24.4 Å². The largest absolute Gasteiger partial charge is 0.304 e. The van der Waals surface area contributed by atoms with Gasteiger partial charge in [0.1, 0.15) is 12.2 Å². The van der Waals surface area contributed by atoms with Gasteiger partial charge in [-0.15, -0.1) is 0 Å². The van der Waals surface area contributed by atoms with Crippen LogP contribution in [0.1, 0.15) is 30.8 Å². The molecular weight excluding hydrogens is 250 g/mol. The highest BCUT2D eigenvalue weighted by molar-refractivity contribution is 6.31. The molecule has 6 heteroatoms. The molecule has 0 aliphatic rings. The van der Waals surface area contributed by atoms with Crippen LogP contribution in [-0.2, 0) is 7.05 Å². The van der Waals surface area contributed by atoms with Crippen LogP contribution in [0.25, 0.3) is 0 Å². The molecule has 0 amide bonds. The molecule has 0 spiro atoms. The first kappa shape index (κ1) is 13.0. The van der Waals surface area contributed by atoms with Crippen molar-refractivity contribution in [1.29, 1.82) is 0 Å². The maximum Gasteiger partial charge on any atom is 0.148 e. The molecule has 5 nitrogen and oxygen atoms in total. The number of halogens is 1. The molecule has 18 heavy (non-hydrogen) atoms. The number of aromatic nitrogens is 4. The summed E-state index contributed by atoms with van der Waals surface area (Å²) in [6, 6.07) is 1.84. The first-order valence-electron chi connectivity index (χ1n) is 5.90. The Balaban J connectivity index is 2.37. The van der Waals surface area contributed by atoms with Crippen LogP contribution >= 0.6 is 11.6 Å². The van der Waals surface area contributed by atoms with Gasteiger partial charge in [0.25, 0.3) is 0 Å². The van der Waals surface area contributed by atoms with Crippen molar-refractivity contribution in [2.75, 3.05) is 6.54 Å². The van der Waals surface area contributed by atoms with Gasteiger partial charge < -0.3 is 5.32 Å². The van der Waals surface area contributed by atoms with E-state index in [2.05, 4.69) is 27.3 Å². The van der Waals surface area contributed by atoms with Crippen LogP contribution in [0.15, 0.2) is 24.8 Å². The lowest BCUT2D eigenvalue weighted by molar-refractivity contribution is 0.541. The third-order valence-corrected chi connectivity index (χ3v) is 3.03. The van der Waals surface area contributed by atoms with Gasteiger partial charge in [-0.2, -0.15) is 5.10 Å². The molecule has 0 bridgehead atoms. The predicted molar refractivity (Wildman–Crippen MR) is 70.4 cm³/mol. The molecule has 1 N–H and O–H groups in total. The first-order valence-corrected chi connectivity index (χ1v) is 6.28. The van der Waals surface area contributed by atoms with Gasteiger partial charge >= 0.3 is 0 Å². The number of nitrogens with zero attached hydrogens (tertiary/aromatic N) is 4. The summed E-state index contributed by atoms with van der Waals surface area (Å²) in [5.74, 6) is 0.844. The zero-order valence-corrected chi connectivity index (χ0v) is 11.2. The molecule has 0 fully saturated rings. The second kappa shape index (κ2) is 5.93. The number of hydrogen-bond acceptors (Lipinski definition) is 4. The average Bonchev–Trinajstić information content (AvgIpc) is 2.78. The normalized spacial score (nSPS) is 12.6. The van der Waals surface area contributed by atoms with Crippen LogP contribution in [0.4, 0.5) is 0 Å². The van der Waals surface area contributed by atoms with Gasteiger partial charge in [-0.25, -0.2) is 4.98 Å². The quantitative estimate of drug-likeness (QED) is 0.898. The maximum atomic E-state index is 6.21. The summed E-state index contributed by atoms with van der Waals surface area (Å²) in [6.45, 7) is 3.01. The van der Waals surface area contributed by atoms with Crippen molar-refractivity contribution in [3.63, 3.8) is 0 Å². The van der Waals surface area contributed by atoms with Crippen LogP contribution in [0.2, 0.25) is 5.02 Å². The van der Waals surface area contributed by atoms with Crippen molar-refractivity contribution in [3.05, 3.63) is 41.2 Å². The van der Waals surface area contributed by atoms with Gasteiger partial charge in [0.2, 0.25) is 0 Å². The zero-order valence-electron chi connectivity index (χ0n) is 10.5. The molecule has 1 atom stereocenters. The Hall–Kier alpha value is -1.46. The zero-order chi connectivity index (χ0) is 13.0. The van der Waals surface area contributed by atoms with Gasteiger partial charge in [-0.3, -0.25) is 9.67 Å². The Morgan fingerprint density at radius 3 is 2.94 bits per heavy atom. The van der Waals surface area contributed by atoms with Crippen LogP contribution in [0.5, 0.6) is 0 Å². The standard InChI is InChI=1S/C12H16ClN5/c1-3-5-15-11(12-16-8-17-18(12)2)9-4-6-14-7-10(9)13/h4,6-8,11,15H,3,5H2,1-2H3. The van der Waals surface area contributed by atoms with E-state index in [1.165, 1.54) is 0 Å². The van der Waals surface area contributed by atoms with E-state index in [-0.39, 0.29) is 6.04 Å². The fourth-order valence-corrected chi connectivity index (χ4v) is 2.04. The van der Waals surface area contributed by atoms with E-state index in [4.69, 9.17) is 11.6 Å². The van der Waals surface area contributed by atoms with Crippen molar-refractivity contribution < 1.29 is 0 Å². The summed E-state index contributed by atoms with van der Waals surface area (Å²) < 4.78 is 1.75. The minimum absolute atomic E-state index is 0.0621. The van der Waals surface area contributed by atoms with Crippen molar-refractivity contribution in [2.45, 2.75) is 19.4 Å². The van der Waals surface area contributed by atoms with Gasteiger partial charge in [0.15, 0.2) is 0 Å². The van der Waals surface area contributed by atoms with E-state index in [9.17, 15) is 0 Å². The lowest BCUT2D eigenvalue weighted by Crippen LogP contribution is -2.26. The second-order valence-electron chi connectivity index (χ2n) is 4.03. The molecule has 0 radical (unpaired) electrons. The SMILES string of the molecule is CCCNC(c1ccncc1Cl)c1ncnn1C. The summed E-state index contributed by atoms with van der Waals surface area (Å²) >= 11 is 6.21. The molecular formula is C12H16ClN5. The lowest BCUT2D eigenvalue weighted by Gasteiger charge is -2.18. The minimum Gasteiger partial charge on any atom is -0.304 e. The Morgan fingerprint density at radius 1 is 1.50 bits per heavy atom. The molecule has 0 aromatic carbocycles. The monoisotopic (exact) mass is 265 g/mol. The Morgan fingerprint density at radius 2 is 2.33 bits per heavy atom. The molecule has 2 aromatic heterocycles. The molecule has 96 valence electrons. The van der Waals surface area contributed by atoms with Crippen molar-refractivity contribution >= 4 is 11.6 Å². The highest BCUT2D eigenvalue weighted by Crippen LogP contribution is 2.25. The number of nitrogens with one attached hydrogen (secondary N) is 1. The van der Waals surface area contributed by atoms with E-state index in [0.29, 0.717) is 5.02 Å². The van der Waals surface area contributed by atoms with Crippen LogP contribution in [-0.4, -0.2) is 26.3 Å². The third kappa shape index (κ3) is 2.68. The van der Waals surface area contributed by atoms with E-state index < -0.39 is 0 Å². The summed E-state index contributed by atoms with van der Waals surface area (Å²) in [5.41, 5.74) is 0.969. The third-order valence-electron chi connectivity index (χ3n) is 2.72. The number of aryl methyl sites for hydroxylation is 1. The Labute approximate surface area is 111 Å². The molecule has 0 saturated carbocycles. The molecule has 0 aliphatic carbocycles. The van der Waals surface area contributed by atoms with E-state index in [1.54, 1.807) is 23.4 Å². The smallest absolute Gasteiger partial charge is 0.148 e. The predicted octanol–water partition coefficient (Wildman–Crippen LogP) is 1.95. The van der Waals surface area contributed by atoms with Gasteiger partial charge in [0, 0.05) is 19.4 Å². The van der Waals surface area contributed by atoms with E-state index >= 15 is 0 Å². The molecule has 2 heterocycles. The average molecular weight is 266 g/mol. The van der Waals surface area contributed by atoms with Crippen LogP contribution in [0.3, 0.4) is 0 Å². The van der Waals surface area contributed by atoms with Gasteiger partial charge in [-0.05, 0) is 24.6 Å². The Kier molecular flexibility index (Phi) is 4.28. The fourth-order valence-electron chi connectivity index (χ4n) is 1.82. The highest BCUT2D eigenvalue weighted by Gasteiger charge is 2.20. The highest BCUT2D eigenvalue weighted by atomic mass is 35.5. The van der Waals surface area contributed by atoms with Crippen molar-refractivity contribution in [3.8, 4) is 0 Å². The summed E-state index contributed by atoms with van der Waals surface area (Å²) in [4.78, 5) is 8.31. The summed E-state index contributed by atoms with van der Waals surface area (Å²) in [5, 5.41) is 8.18. The number of pyridine rings is 1. The van der Waals surface area contributed by atoms with Gasteiger partial charge in [-0.1, -0.05) is 18.5 Å². The molecule has 2 rings (SSSR count). The number of hydrogen-bond donors (Lipinski definition) is 1. The van der Waals surface area contributed by atoms with Crippen molar-refractivity contribution in [2.24, 2.45) is 7.05 Å². The topological polar surface area (TPSA) is 55.6 Å². The molecule has 2 aromatic rings. The van der Waals surface area contributed by atoms with Gasteiger partial charge in [0.05, 0.1) is 11.1 Å². The fraction of sp³-hybridized carbons (Fsp3) is 0.417. The van der Waals surface area contributed by atoms with Crippen LogP contribution in [0, 0.1) is 0 Å². The molecule has 1 unspecified atom stereocenters. The van der Waals surface area contributed by atoms with E-state index in [1.807, 2.05) is 13.1 Å². The minimum atomic E-state index is -0.0621. The molecule has 0 aliphatic heterocycles. The Bertz CT molecular complexity index is 511. The molecule has 0 saturated heterocycles. The summed E-state index contributed by atoms with van der Waals surface area (Å²) in [7, 11) is 1.87. The summed E-state index contributed by atoms with van der Waals surface area (Å²) in [6.07, 6.45) is 5.97. The van der Waals surface area contributed by atoms with Crippen LogP contribution < -0.4 is 5.32 Å². The first-order chi connectivity index (χ1) is 8.74. The van der Waals surface area contributed by atoms with Crippen molar-refractivity contribution in [1.82, 2.24) is 25.1 Å². The second-order valence-corrected chi connectivity index (χ2v) is 4.43.